The zero-order valence-corrected chi connectivity index (χ0v) is 11.2. The lowest BCUT2D eigenvalue weighted by molar-refractivity contribution is 0.628. The summed E-state index contributed by atoms with van der Waals surface area (Å²) in [6.07, 6.45) is 0. The lowest BCUT2D eigenvalue weighted by atomic mass is 10.3. The standard InChI is InChI=1S/C12H11ClFN5O/c1-6-4-10(20)18-12(16-6)19-11(15)17-7-2-3-9(14)8(13)5-7/h2-5H,1H3,(H4,15,16,17,18,19,20). The van der Waals surface area contributed by atoms with Crippen molar-refractivity contribution in [3.8, 4) is 0 Å². The van der Waals surface area contributed by atoms with Gasteiger partial charge in [0.1, 0.15) is 5.82 Å². The zero-order valence-electron chi connectivity index (χ0n) is 10.4. The average Bonchev–Trinajstić information content (AvgIpc) is 2.32. The normalized spacial score (nSPS) is 11.4. The number of nitrogens with two attached hydrogens (primary N) is 1. The molecule has 1 aromatic heterocycles. The lowest BCUT2D eigenvalue weighted by Crippen LogP contribution is -2.22. The number of rotatable bonds is 2. The second-order valence-corrected chi connectivity index (χ2v) is 4.37. The zero-order chi connectivity index (χ0) is 14.7. The van der Waals surface area contributed by atoms with Gasteiger partial charge in [-0.1, -0.05) is 11.6 Å². The molecule has 0 spiro atoms. The summed E-state index contributed by atoms with van der Waals surface area (Å²) in [4.78, 5) is 21.6. The van der Waals surface area contributed by atoms with Crippen molar-refractivity contribution in [2.45, 2.75) is 6.92 Å². The van der Waals surface area contributed by atoms with Crippen molar-refractivity contribution in [1.82, 2.24) is 9.97 Å². The number of aliphatic imine (C=N–C) groups is 1. The van der Waals surface area contributed by atoms with E-state index in [0.29, 0.717) is 11.4 Å². The first-order chi connectivity index (χ1) is 9.44. The molecule has 2 aromatic rings. The van der Waals surface area contributed by atoms with Crippen LogP contribution < -0.4 is 16.6 Å². The molecule has 0 aliphatic heterocycles. The second-order valence-electron chi connectivity index (χ2n) is 3.96. The van der Waals surface area contributed by atoms with Gasteiger partial charge >= 0.3 is 0 Å². The highest BCUT2D eigenvalue weighted by molar-refractivity contribution is 6.31. The van der Waals surface area contributed by atoms with Crippen LogP contribution in [-0.2, 0) is 0 Å². The third-order valence-corrected chi connectivity index (χ3v) is 2.57. The fraction of sp³-hybridized carbons (Fsp3) is 0.0833. The van der Waals surface area contributed by atoms with E-state index in [1.54, 1.807) is 6.92 Å². The van der Waals surface area contributed by atoms with Crippen LogP contribution in [0.4, 0.5) is 16.0 Å². The molecule has 1 heterocycles. The highest BCUT2D eigenvalue weighted by Gasteiger charge is 2.03. The van der Waals surface area contributed by atoms with E-state index in [2.05, 4.69) is 20.3 Å². The number of aromatic nitrogens is 2. The van der Waals surface area contributed by atoms with Crippen molar-refractivity contribution in [3.63, 3.8) is 0 Å². The number of halogens is 2. The van der Waals surface area contributed by atoms with Gasteiger partial charge in [-0.3, -0.25) is 9.78 Å². The van der Waals surface area contributed by atoms with E-state index in [-0.39, 0.29) is 22.5 Å². The van der Waals surface area contributed by atoms with E-state index >= 15 is 0 Å². The van der Waals surface area contributed by atoms with Crippen LogP contribution in [0.15, 0.2) is 34.1 Å². The van der Waals surface area contributed by atoms with Crippen LogP contribution in [0.25, 0.3) is 0 Å². The Balaban J connectivity index is 2.22. The van der Waals surface area contributed by atoms with Crippen molar-refractivity contribution in [1.29, 1.82) is 0 Å². The van der Waals surface area contributed by atoms with Crippen LogP contribution in [0.3, 0.4) is 0 Å². The van der Waals surface area contributed by atoms with E-state index in [1.165, 1.54) is 24.3 Å². The molecule has 0 saturated heterocycles. The van der Waals surface area contributed by atoms with Gasteiger partial charge in [0.2, 0.25) is 11.9 Å². The molecule has 0 saturated carbocycles. The van der Waals surface area contributed by atoms with Crippen LogP contribution in [-0.4, -0.2) is 15.9 Å². The van der Waals surface area contributed by atoms with Crippen molar-refractivity contribution >= 4 is 29.2 Å². The van der Waals surface area contributed by atoms with Crippen LogP contribution in [0.5, 0.6) is 0 Å². The fourth-order valence-corrected chi connectivity index (χ4v) is 1.66. The Kier molecular flexibility index (Phi) is 3.99. The Morgan fingerprint density at radius 1 is 1.50 bits per heavy atom. The first kappa shape index (κ1) is 14.0. The summed E-state index contributed by atoms with van der Waals surface area (Å²) >= 11 is 5.64. The SMILES string of the molecule is Cc1cc(=O)[nH]c(N=C(N)Nc2ccc(F)c(Cl)c2)n1. The Morgan fingerprint density at radius 2 is 2.25 bits per heavy atom. The molecule has 104 valence electrons. The summed E-state index contributed by atoms with van der Waals surface area (Å²) in [5, 5.41) is 2.67. The number of guanidine groups is 1. The Hall–Kier alpha value is -2.41. The maximum Gasteiger partial charge on any atom is 0.252 e. The topological polar surface area (TPSA) is 96.2 Å². The van der Waals surface area contributed by atoms with Gasteiger partial charge in [0.25, 0.3) is 5.56 Å². The van der Waals surface area contributed by atoms with E-state index in [4.69, 9.17) is 17.3 Å². The van der Waals surface area contributed by atoms with Gasteiger partial charge in [-0.2, -0.15) is 4.99 Å². The van der Waals surface area contributed by atoms with E-state index in [9.17, 15) is 9.18 Å². The minimum Gasteiger partial charge on any atom is -0.369 e. The van der Waals surface area contributed by atoms with E-state index in [1.807, 2.05) is 0 Å². The minimum atomic E-state index is -0.530. The van der Waals surface area contributed by atoms with Gasteiger partial charge in [0.15, 0.2) is 0 Å². The molecule has 0 amide bonds. The summed E-state index contributed by atoms with van der Waals surface area (Å²) < 4.78 is 13.0. The molecule has 0 fully saturated rings. The van der Waals surface area contributed by atoms with Crippen molar-refractivity contribution < 1.29 is 4.39 Å². The van der Waals surface area contributed by atoms with Gasteiger partial charge in [-0.05, 0) is 25.1 Å². The Bertz CT molecular complexity index is 728. The number of hydrogen-bond acceptors (Lipinski definition) is 3. The Morgan fingerprint density at radius 3 is 2.90 bits per heavy atom. The second kappa shape index (κ2) is 5.70. The molecule has 0 bridgehead atoms. The van der Waals surface area contributed by atoms with Crippen LogP contribution >= 0.6 is 11.6 Å². The molecule has 0 atom stereocenters. The molecule has 2 rings (SSSR count). The molecular weight excluding hydrogens is 285 g/mol. The number of aromatic amines is 1. The van der Waals surface area contributed by atoms with Crippen molar-refractivity contribution in [2.24, 2.45) is 10.7 Å². The van der Waals surface area contributed by atoms with Gasteiger partial charge in [-0.25, -0.2) is 9.37 Å². The molecule has 6 nitrogen and oxygen atoms in total. The van der Waals surface area contributed by atoms with Gasteiger partial charge in [0, 0.05) is 17.4 Å². The maximum absolute atomic E-state index is 13.0. The van der Waals surface area contributed by atoms with E-state index < -0.39 is 5.82 Å². The van der Waals surface area contributed by atoms with Crippen LogP contribution in [0, 0.1) is 12.7 Å². The number of H-pyrrole nitrogens is 1. The predicted octanol–water partition coefficient (Wildman–Crippen LogP) is 1.93. The largest absolute Gasteiger partial charge is 0.369 e. The molecule has 0 aliphatic carbocycles. The molecule has 1 aromatic carbocycles. The van der Waals surface area contributed by atoms with Gasteiger partial charge in [-0.15, -0.1) is 0 Å². The van der Waals surface area contributed by atoms with E-state index in [0.717, 1.165) is 0 Å². The highest BCUT2D eigenvalue weighted by atomic mass is 35.5. The molecule has 4 N–H and O–H groups in total. The molecule has 0 radical (unpaired) electrons. The fourth-order valence-electron chi connectivity index (χ4n) is 1.48. The monoisotopic (exact) mass is 295 g/mol. The molecule has 0 unspecified atom stereocenters. The lowest BCUT2D eigenvalue weighted by Gasteiger charge is -2.06. The highest BCUT2D eigenvalue weighted by Crippen LogP contribution is 2.19. The van der Waals surface area contributed by atoms with Crippen molar-refractivity contribution in [3.05, 3.63) is 51.2 Å². The summed E-state index contributed by atoms with van der Waals surface area (Å²) in [6.45, 7) is 1.66. The number of benzene rings is 1. The first-order valence-electron chi connectivity index (χ1n) is 5.58. The average molecular weight is 296 g/mol. The third kappa shape index (κ3) is 3.55. The van der Waals surface area contributed by atoms with Crippen LogP contribution in [0.1, 0.15) is 5.69 Å². The summed E-state index contributed by atoms with van der Waals surface area (Å²) in [5.74, 6) is -0.466. The van der Waals surface area contributed by atoms with Gasteiger partial charge < -0.3 is 11.1 Å². The molecule has 8 heteroatoms. The number of hydrogen-bond donors (Lipinski definition) is 3. The molecule has 0 aliphatic rings. The smallest absolute Gasteiger partial charge is 0.252 e. The minimum absolute atomic E-state index is 0.0126. The summed E-state index contributed by atoms with van der Waals surface area (Å²) in [5.41, 5.74) is 6.32. The number of nitrogens with zero attached hydrogens (tertiary/aromatic N) is 2. The molecule has 20 heavy (non-hydrogen) atoms. The maximum atomic E-state index is 13.0. The summed E-state index contributed by atoms with van der Waals surface area (Å²) in [6, 6.07) is 5.36. The molecular formula is C12H11ClFN5O. The number of nitrogens with one attached hydrogen (secondary N) is 2. The Labute approximate surface area is 118 Å². The van der Waals surface area contributed by atoms with Gasteiger partial charge in [0.05, 0.1) is 5.02 Å². The quantitative estimate of drug-likeness (QED) is 0.582. The number of aryl methyl sites for hydroxylation is 1. The predicted molar refractivity (Wildman–Crippen MR) is 75.9 cm³/mol. The van der Waals surface area contributed by atoms with Crippen molar-refractivity contribution in [2.75, 3.05) is 5.32 Å². The number of anilines is 1. The summed E-state index contributed by atoms with van der Waals surface area (Å²) in [7, 11) is 0. The first-order valence-corrected chi connectivity index (χ1v) is 5.96. The van der Waals surface area contributed by atoms with Crippen LogP contribution in [0.2, 0.25) is 5.02 Å². The third-order valence-electron chi connectivity index (χ3n) is 2.28.